The number of aliphatic imine (C=N–C) groups is 1. The van der Waals surface area contributed by atoms with Crippen molar-refractivity contribution in [1.29, 1.82) is 0 Å². The molecule has 0 aliphatic heterocycles. The van der Waals surface area contributed by atoms with E-state index in [0.717, 1.165) is 0 Å². The second kappa shape index (κ2) is 6.13. The van der Waals surface area contributed by atoms with Crippen molar-refractivity contribution in [2.75, 3.05) is 14.1 Å². The van der Waals surface area contributed by atoms with Crippen molar-refractivity contribution in [2.45, 2.75) is 9.79 Å². The molecule has 0 aliphatic rings. The Balaban J connectivity index is 2.59. The third kappa shape index (κ3) is 3.14. The van der Waals surface area contributed by atoms with Crippen LogP contribution in [0.15, 0.2) is 45.1 Å². The first kappa shape index (κ1) is 15.3. The van der Waals surface area contributed by atoms with Crippen LogP contribution in [0, 0.1) is 3.82 Å². The summed E-state index contributed by atoms with van der Waals surface area (Å²) in [5.41, 5.74) is 0. The van der Waals surface area contributed by atoms with E-state index in [-0.39, 0.29) is 9.79 Å². The number of hydrogen-bond donors (Lipinski definition) is 0. The fourth-order valence-electron chi connectivity index (χ4n) is 1.43. The maximum Gasteiger partial charge on any atom is 0.211 e. The summed E-state index contributed by atoms with van der Waals surface area (Å²) in [6, 6.07) is 8.27. The smallest absolute Gasteiger partial charge is 0.211 e. The van der Waals surface area contributed by atoms with E-state index >= 15 is 0 Å². The molecular formula is C12H12N2O2S4. The van der Waals surface area contributed by atoms with Crippen LogP contribution < -0.4 is 0 Å². The van der Waals surface area contributed by atoms with Gasteiger partial charge in [0.2, 0.25) is 9.84 Å². The maximum atomic E-state index is 12.6. The van der Waals surface area contributed by atoms with E-state index in [1.807, 2.05) is 14.1 Å². The van der Waals surface area contributed by atoms with E-state index < -0.39 is 9.84 Å². The van der Waals surface area contributed by atoms with Gasteiger partial charge in [-0.05, 0) is 12.1 Å². The number of rotatable bonds is 4. The monoisotopic (exact) mass is 344 g/mol. The van der Waals surface area contributed by atoms with Gasteiger partial charge in [-0.25, -0.2) is 13.4 Å². The van der Waals surface area contributed by atoms with Crippen LogP contribution in [-0.4, -0.2) is 33.8 Å². The highest BCUT2D eigenvalue weighted by Crippen LogP contribution is 2.39. The van der Waals surface area contributed by atoms with Crippen LogP contribution in [0.25, 0.3) is 0 Å². The van der Waals surface area contributed by atoms with E-state index in [2.05, 4.69) is 4.99 Å². The summed E-state index contributed by atoms with van der Waals surface area (Å²) in [7, 11) is 2.54. The normalized spacial score (nSPS) is 11.9. The molecule has 0 radical (unpaired) electrons. The summed E-state index contributed by atoms with van der Waals surface area (Å²) >= 11 is 5.16. The Labute approximate surface area is 130 Å². The summed E-state index contributed by atoms with van der Waals surface area (Å²) in [6.45, 7) is 0. The fourth-order valence-corrected chi connectivity index (χ4v) is 6.46. The largest absolute Gasteiger partial charge is 0.369 e. The maximum absolute atomic E-state index is 12.6. The third-order valence-electron chi connectivity index (χ3n) is 2.30. The van der Waals surface area contributed by atoms with Crippen LogP contribution in [0.3, 0.4) is 0 Å². The molecule has 0 fully saturated rings. The zero-order chi connectivity index (χ0) is 14.8. The molecule has 8 heteroatoms. The van der Waals surface area contributed by atoms with Crippen molar-refractivity contribution >= 4 is 54.1 Å². The highest BCUT2D eigenvalue weighted by Gasteiger charge is 2.25. The lowest BCUT2D eigenvalue weighted by atomic mass is 10.4. The van der Waals surface area contributed by atoms with Gasteiger partial charge in [0.05, 0.1) is 11.2 Å². The third-order valence-corrected chi connectivity index (χ3v) is 7.42. The van der Waals surface area contributed by atoms with Gasteiger partial charge in [-0.3, -0.25) is 0 Å². The molecule has 0 spiro atoms. The zero-order valence-corrected chi connectivity index (χ0v) is 14.1. The Bertz CT molecular complexity index is 773. The quantitative estimate of drug-likeness (QED) is 0.368. The topological polar surface area (TPSA) is 49.7 Å². The van der Waals surface area contributed by atoms with Crippen molar-refractivity contribution in [2.24, 2.45) is 4.99 Å². The first-order chi connectivity index (χ1) is 9.43. The Morgan fingerprint density at radius 3 is 2.45 bits per heavy atom. The van der Waals surface area contributed by atoms with Gasteiger partial charge < -0.3 is 4.90 Å². The summed E-state index contributed by atoms with van der Waals surface area (Å²) < 4.78 is 25.6. The van der Waals surface area contributed by atoms with Crippen molar-refractivity contribution in [1.82, 2.24) is 4.90 Å². The van der Waals surface area contributed by atoms with E-state index in [1.54, 1.807) is 41.6 Å². The minimum Gasteiger partial charge on any atom is -0.369 e. The van der Waals surface area contributed by atoms with E-state index in [9.17, 15) is 8.42 Å². The van der Waals surface area contributed by atoms with Gasteiger partial charge in [-0.2, -0.15) is 0 Å². The molecule has 0 saturated carbocycles. The Morgan fingerprint density at radius 1 is 1.20 bits per heavy atom. The molecule has 0 N–H and O–H groups in total. The first-order valence-electron chi connectivity index (χ1n) is 5.57. The van der Waals surface area contributed by atoms with Crippen LogP contribution >= 0.6 is 32.9 Å². The number of nitrogens with zero attached hydrogens (tertiary/aromatic N) is 2. The molecule has 4 nitrogen and oxygen atoms in total. The summed E-state index contributed by atoms with van der Waals surface area (Å²) in [4.78, 5) is 6.31. The summed E-state index contributed by atoms with van der Waals surface area (Å²) in [6.07, 6.45) is 1.57. The van der Waals surface area contributed by atoms with E-state index in [1.165, 1.54) is 20.7 Å². The molecule has 0 amide bonds. The Kier molecular flexibility index (Phi) is 4.69. The standard InChI is InChI=1S/C12H12N2O2S4/c1-14(2)8-13-11-10(12(17)19-18-11)20(15,16)9-6-4-3-5-7-9/h3-8H,1-2H3/b13-8+. The molecule has 1 aromatic carbocycles. The minimum atomic E-state index is -3.62. The van der Waals surface area contributed by atoms with Crippen LogP contribution in [0.2, 0.25) is 0 Å². The number of benzene rings is 1. The second-order valence-electron chi connectivity index (χ2n) is 4.11. The van der Waals surface area contributed by atoms with Crippen LogP contribution in [-0.2, 0) is 9.84 Å². The van der Waals surface area contributed by atoms with Gasteiger partial charge in [0.1, 0.15) is 13.7 Å². The molecule has 0 atom stereocenters. The van der Waals surface area contributed by atoms with E-state index in [0.29, 0.717) is 8.82 Å². The molecule has 1 heterocycles. The first-order valence-corrected chi connectivity index (χ1v) is 9.61. The van der Waals surface area contributed by atoms with Gasteiger partial charge in [-0.1, -0.05) is 51.1 Å². The molecule has 2 rings (SSSR count). The van der Waals surface area contributed by atoms with Crippen LogP contribution in [0.4, 0.5) is 5.00 Å². The highest BCUT2D eigenvalue weighted by atomic mass is 32.9. The lowest BCUT2D eigenvalue weighted by Crippen LogP contribution is -2.07. The summed E-state index contributed by atoms with van der Waals surface area (Å²) in [5, 5.41) is 0.428. The Hall–Kier alpha value is -1.09. The van der Waals surface area contributed by atoms with Gasteiger partial charge in [0, 0.05) is 14.1 Å². The van der Waals surface area contributed by atoms with Crippen molar-refractivity contribution < 1.29 is 8.42 Å². The molecule has 106 valence electrons. The van der Waals surface area contributed by atoms with Gasteiger partial charge in [0.25, 0.3) is 0 Å². The van der Waals surface area contributed by atoms with Gasteiger partial charge in [-0.15, -0.1) is 0 Å². The highest BCUT2D eigenvalue weighted by molar-refractivity contribution is 7.93. The molecule has 0 bridgehead atoms. The molecule has 0 unspecified atom stereocenters. The average Bonchev–Trinajstić information content (AvgIpc) is 2.79. The molecule has 1 aromatic heterocycles. The van der Waals surface area contributed by atoms with Crippen molar-refractivity contribution in [3.63, 3.8) is 0 Å². The van der Waals surface area contributed by atoms with Gasteiger partial charge >= 0.3 is 0 Å². The van der Waals surface area contributed by atoms with Crippen LogP contribution in [0.1, 0.15) is 0 Å². The Morgan fingerprint density at radius 2 is 1.85 bits per heavy atom. The lowest BCUT2D eigenvalue weighted by molar-refractivity contribution is 0.596. The van der Waals surface area contributed by atoms with E-state index in [4.69, 9.17) is 12.2 Å². The van der Waals surface area contributed by atoms with Crippen LogP contribution in [0.5, 0.6) is 0 Å². The molecule has 20 heavy (non-hydrogen) atoms. The lowest BCUT2D eigenvalue weighted by Gasteiger charge is -2.04. The molecular weight excluding hydrogens is 332 g/mol. The zero-order valence-electron chi connectivity index (χ0n) is 10.8. The van der Waals surface area contributed by atoms with Crippen molar-refractivity contribution in [3.05, 3.63) is 34.2 Å². The predicted octanol–water partition coefficient (Wildman–Crippen LogP) is 3.59. The molecule has 0 aliphatic carbocycles. The molecule has 0 saturated heterocycles. The van der Waals surface area contributed by atoms with Crippen molar-refractivity contribution in [3.8, 4) is 0 Å². The molecule has 2 aromatic rings. The number of hydrogen-bond acceptors (Lipinski definition) is 6. The van der Waals surface area contributed by atoms with Gasteiger partial charge in [0.15, 0.2) is 0 Å². The summed E-state index contributed by atoms with van der Waals surface area (Å²) in [5.74, 6) is 0. The SMILES string of the molecule is CN(C)/C=N/c1ssc(=S)c1S(=O)(=O)c1ccccc1. The number of sulfone groups is 1. The second-order valence-corrected chi connectivity index (χ2v) is 8.79. The predicted molar refractivity (Wildman–Crippen MR) is 86.8 cm³/mol. The minimum absolute atomic E-state index is 0.131. The average molecular weight is 345 g/mol. The fraction of sp³-hybridized carbons (Fsp3) is 0.167.